The molecule has 0 aliphatic carbocycles. The summed E-state index contributed by atoms with van der Waals surface area (Å²) in [5, 5.41) is 5.12. The maximum atomic E-state index is 12.7. The summed E-state index contributed by atoms with van der Waals surface area (Å²) in [7, 11) is 0. The Morgan fingerprint density at radius 1 is 0.781 bits per heavy atom. The fourth-order valence-corrected chi connectivity index (χ4v) is 4.01. The molecule has 1 aliphatic heterocycles. The summed E-state index contributed by atoms with van der Waals surface area (Å²) < 4.78 is 5.22. The molecular formula is C26H23N3O3. The Morgan fingerprint density at radius 3 is 2.25 bits per heavy atom. The zero-order valence-electron chi connectivity index (χ0n) is 17.5. The zero-order valence-corrected chi connectivity index (χ0v) is 17.5. The van der Waals surface area contributed by atoms with Crippen LogP contribution in [0, 0.1) is 0 Å². The quantitative estimate of drug-likeness (QED) is 0.517. The SMILES string of the molecule is O=C(Nc1ccc(N2CCN(C(=O)c3ccco3)CC2)cc1)c1ccc2ccccc2c1. The summed E-state index contributed by atoms with van der Waals surface area (Å²) in [6.07, 6.45) is 1.52. The number of piperazine rings is 1. The average molecular weight is 425 g/mol. The van der Waals surface area contributed by atoms with Crippen LogP contribution in [0.15, 0.2) is 89.5 Å². The van der Waals surface area contributed by atoms with Crippen LogP contribution in [-0.4, -0.2) is 42.9 Å². The fraction of sp³-hybridized carbons (Fsp3) is 0.154. The van der Waals surface area contributed by atoms with Gasteiger partial charge in [-0.25, -0.2) is 0 Å². The van der Waals surface area contributed by atoms with Crippen LogP contribution in [0.3, 0.4) is 0 Å². The van der Waals surface area contributed by atoms with E-state index < -0.39 is 0 Å². The van der Waals surface area contributed by atoms with Crippen molar-refractivity contribution in [2.24, 2.45) is 0 Å². The maximum Gasteiger partial charge on any atom is 0.289 e. The number of furan rings is 1. The molecular weight excluding hydrogens is 402 g/mol. The number of anilines is 2. The van der Waals surface area contributed by atoms with Crippen LogP contribution in [0.5, 0.6) is 0 Å². The average Bonchev–Trinajstić information content (AvgIpc) is 3.39. The first-order valence-electron chi connectivity index (χ1n) is 10.7. The van der Waals surface area contributed by atoms with Gasteiger partial charge in [-0.2, -0.15) is 0 Å². The summed E-state index contributed by atoms with van der Waals surface area (Å²) in [5.41, 5.74) is 2.45. The number of nitrogens with zero attached hydrogens (tertiary/aromatic N) is 2. The topological polar surface area (TPSA) is 65.8 Å². The Kier molecular flexibility index (Phi) is 5.34. The first-order chi connectivity index (χ1) is 15.7. The smallest absolute Gasteiger partial charge is 0.289 e. The van der Waals surface area contributed by atoms with Crippen LogP contribution in [0.2, 0.25) is 0 Å². The molecule has 0 atom stereocenters. The summed E-state index contributed by atoms with van der Waals surface area (Å²) in [4.78, 5) is 29.1. The van der Waals surface area contributed by atoms with Crippen LogP contribution < -0.4 is 10.2 Å². The van der Waals surface area contributed by atoms with Gasteiger partial charge in [0.2, 0.25) is 0 Å². The number of hydrogen-bond donors (Lipinski definition) is 1. The van der Waals surface area contributed by atoms with Crippen LogP contribution in [0.1, 0.15) is 20.9 Å². The molecule has 4 aromatic rings. The number of rotatable bonds is 4. The summed E-state index contributed by atoms with van der Waals surface area (Å²) >= 11 is 0. The van der Waals surface area contributed by atoms with E-state index in [9.17, 15) is 9.59 Å². The summed E-state index contributed by atoms with van der Waals surface area (Å²) in [6.45, 7) is 2.77. The lowest BCUT2D eigenvalue weighted by Gasteiger charge is -2.35. The minimum Gasteiger partial charge on any atom is -0.459 e. The van der Waals surface area contributed by atoms with E-state index in [1.54, 1.807) is 12.1 Å². The van der Waals surface area contributed by atoms with Crippen molar-refractivity contribution in [2.45, 2.75) is 0 Å². The van der Waals surface area contributed by atoms with Crippen molar-refractivity contribution in [3.63, 3.8) is 0 Å². The highest BCUT2D eigenvalue weighted by Gasteiger charge is 2.23. The van der Waals surface area contributed by atoms with Gasteiger partial charge in [0.05, 0.1) is 6.26 Å². The molecule has 1 saturated heterocycles. The number of carbonyl (C=O) groups is 2. The molecule has 0 spiro atoms. The minimum absolute atomic E-state index is 0.0681. The predicted molar refractivity (Wildman–Crippen MR) is 125 cm³/mol. The van der Waals surface area contributed by atoms with Crippen molar-refractivity contribution in [3.05, 3.63) is 96.4 Å². The van der Waals surface area contributed by atoms with Crippen molar-refractivity contribution in [1.29, 1.82) is 0 Å². The highest BCUT2D eigenvalue weighted by Crippen LogP contribution is 2.22. The molecule has 2 amide bonds. The van der Waals surface area contributed by atoms with Crippen LogP contribution in [0.25, 0.3) is 10.8 Å². The molecule has 32 heavy (non-hydrogen) atoms. The van der Waals surface area contributed by atoms with Gasteiger partial charge in [-0.15, -0.1) is 0 Å². The van der Waals surface area contributed by atoms with Crippen molar-refractivity contribution in [2.75, 3.05) is 36.4 Å². The molecule has 0 unspecified atom stereocenters. The predicted octanol–water partition coefficient (Wildman–Crippen LogP) is 4.65. The molecule has 0 radical (unpaired) electrons. The second-order valence-electron chi connectivity index (χ2n) is 7.82. The van der Waals surface area contributed by atoms with Crippen molar-refractivity contribution in [3.8, 4) is 0 Å². The molecule has 0 saturated carbocycles. The Morgan fingerprint density at radius 2 is 1.53 bits per heavy atom. The summed E-state index contributed by atoms with van der Waals surface area (Å²) in [5.74, 6) is 0.180. The van der Waals surface area contributed by atoms with Crippen LogP contribution in [0.4, 0.5) is 11.4 Å². The number of carbonyl (C=O) groups excluding carboxylic acids is 2. The maximum absolute atomic E-state index is 12.7. The van der Waals surface area contributed by atoms with E-state index in [0.29, 0.717) is 24.4 Å². The standard InChI is InChI=1S/C26H23N3O3/c30-25(21-8-7-19-4-1-2-5-20(19)18-21)27-22-9-11-23(12-10-22)28-13-15-29(16-14-28)26(31)24-6-3-17-32-24/h1-12,17-18H,13-16H2,(H,27,30). The van der Waals surface area contributed by atoms with E-state index >= 15 is 0 Å². The van der Waals surface area contributed by atoms with Gasteiger partial charge in [-0.3, -0.25) is 9.59 Å². The molecule has 1 aromatic heterocycles. The number of benzene rings is 3. The van der Waals surface area contributed by atoms with Gasteiger partial charge < -0.3 is 19.5 Å². The van der Waals surface area contributed by atoms with E-state index in [1.165, 1.54) is 6.26 Å². The molecule has 1 fully saturated rings. The van der Waals surface area contributed by atoms with E-state index in [0.717, 1.165) is 35.2 Å². The van der Waals surface area contributed by atoms with E-state index in [4.69, 9.17) is 4.42 Å². The first-order valence-corrected chi connectivity index (χ1v) is 10.7. The van der Waals surface area contributed by atoms with Crippen LogP contribution in [-0.2, 0) is 0 Å². The molecule has 0 bridgehead atoms. The Bertz CT molecular complexity index is 1240. The fourth-order valence-electron chi connectivity index (χ4n) is 4.01. The molecule has 1 N–H and O–H groups in total. The Balaban J connectivity index is 1.20. The van der Waals surface area contributed by atoms with Crippen molar-refractivity contribution < 1.29 is 14.0 Å². The largest absolute Gasteiger partial charge is 0.459 e. The van der Waals surface area contributed by atoms with Crippen molar-refractivity contribution >= 4 is 34.0 Å². The third kappa shape index (κ3) is 4.07. The molecule has 3 aromatic carbocycles. The van der Waals surface area contributed by atoms with E-state index in [-0.39, 0.29) is 11.8 Å². The first kappa shape index (κ1) is 19.9. The highest BCUT2D eigenvalue weighted by atomic mass is 16.3. The Labute approximate surface area is 186 Å². The molecule has 1 aliphatic rings. The van der Waals surface area contributed by atoms with Crippen molar-refractivity contribution in [1.82, 2.24) is 4.90 Å². The lowest BCUT2D eigenvalue weighted by atomic mass is 10.1. The van der Waals surface area contributed by atoms with Crippen LogP contribution >= 0.6 is 0 Å². The lowest BCUT2D eigenvalue weighted by molar-refractivity contribution is 0.0714. The monoisotopic (exact) mass is 425 g/mol. The van der Waals surface area contributed by atoms with Gasteiger partial charge in [-0.05, 0) is 59.3 Å². The Hall–Kier alpha value is -4.06. The number of hydrogen-bond acceptors (Lipinski definition) is 4. The van der Waals surface area contributed by atoms with Gasteiger partial charge in [0, 0.05) is 43.1 Å². The molecule has 6 nitrogen and oxygen atoms in total. The highest BCUT2D eigenvalue weighted by molar-refractivity contribution is 6.06. The molecule has 2 heterocycles. The molecule has 160 valence electrons. The third-order valence-electron chi connectivity index (χ3n) is 5.80. The lowest BCUT2D eigenvalue weighted by Crippen LogP contribution is -2.48. The molecule has 5 rings (SSSR count). The normalized spacial score (nSPS) is 13.9. The minimum atomic E-state index is -0.131. The summed E-state index contributed by atoms with van der Waals surface area (Å²) in [6, 6.07) is 24.9. The van der Waals surface area contributed by atoms with Gasteiger partial charge in [-0.1, -0.05) is 30.3 Å². The molecule has 6 heteroatoms. The van der Waals surface area contributed by atoms with Gasteiger partial charge in [0.25, 0.3) is 11.8 Å². The third-order valence-corrected chi connectivity index (χ3v) is 5.80. The van der Waals surface area contributed by atoms with E-state index in [1.807, 2.05) is 71.6 Å². The number of fused-ring (bicyclic) bond motifs is 1. The second-order valence-corrected chi connectivity index (χ2v) is 7.82. The zero-order chi connectivity index (χ0) is 21.9. The number of nitrogens with one attached hydrogen (secondary N) is 1. The van der Waals surface area contributed by atoms with E-state index in [2.05, 4.69) is 10.2 Å². The van der Waals surface area contributed by atoms with Gasteiger partial charge in [0.15, 0.2) is 5.76 Å². The number of amides is 2. The van der Waals surface area contributed by atoms with Gasteiger partial charge >= 0.3 is 0 Å². The van der Waals surface area contributed by atoms with Gasteiger partial charge in [0.1, 0.15) is 0 Å². The second kappa shape index (κ2) is 8.59.